The largest absolute Gasteiger partial charge is 0.790 e. The van der Waals surface area contributed by atoms with Gasteiger partial charge in [0.1, 0.15) is 60.3 Å². The van der Waals surface area contributed by atoms with Crippen LogP contribution in [0.4, 0.5) is 11.6 Å². The lowest BCUT2D eigenvalue weighted by molar-refractivity contribution is -0.339. The maximum Gasteiger partial charge on any atom is 0.278 e. The minimum Gasteiger partial charge on any atom is -0.790 e. The number of rotatable bonds is 14. The van der Waals surface area contributed by atoms with E-state index in [-0.39, 0.29) is 34.0 Å². The van der Waals surface area contributed by atoms with E-state index in [1.54, 1.807) is 0 Å². The molecule has 11 atom stereocenters. The summed E-state index contributed by atoms with van der Waals surface area (Å²) >= 11 is 0. The molecule has 0 saturated carbocycles. The van der Waals surface area contributed by atoms with Crippen molar-refractivity contribution in [1.29, 1.82) is 0 Å². The van der Waals surface area contributed by atoms with Gasteiger partial charge in [0.25, 0.3) is 23.5 Å². The van der Waals surface area contributed by atoms with Crippen molar-refractivity contribution in [1.82, 2.24) is 39.0 Å². The SMILES string of the molecule is Nc1ncnc2c1ncn2[C@@H]1O[C@H](COP(=O)([O-])O[C@@H]2[C@H](O)[C@@H](COP(=O)([O-])OP(=O)([O-])OP(=O)([O-])[O-])O[C@H]2n2cnc3c(N)ncnc32)[C@@H](O)[C@H]1O. The molecule has 3 unspecified atom stereocenters. The zero-order valence-electron chi connectivity index (χ0n) is 25.7. The van der Waals surface area contributed by atoms with Gasteiger partial charge in [-0.3, -0.25) is 27.1 Å². The van der Waals surface area contributed by atoms with E-state index in [1.807, 2.05) is 0 Å². The number of nitrogen functional groups attached to an aromatic ring is 2. The molecule has 4 aromatic heterocycles. The summed E-state index contributed by atoms with van der Waals surface area (Å²) in [5.41, 5.74) is 11.7. The topological polar surface area (TPSA) is 448 Å². The number of hydrogen-bond donors (Lipinski definition) is 5. The molecule has 6 heterocycles. The Morgan fingerprint density at radius 1 is 0.660 bits per heavy atom. The lowest BCUT2D eigenvalue weighted by Crippen LogP contribution is -2.37. The number of fused-ring (bicyclic) bond motifs is 2. The number of aliphatic hydroxyl groups excluding tert-OH is 3. The van der Waals surface area contributed by atoms with Crippen LogP contribution in [-0.4, -0.2) is 104 Å². The van der Waals surface area contributed by atoms with Crippen LogP contribution in [0.1, 0.15) is 12.5 Å². The minimum absolute atomic E-state index is 0.00266. The number of hydrogen-bond acceptors (Lipinski definition) is 27. The molecular weight excluding hydrogens is 808 g/mol. The number of phosphoric acid groups is 4. The Labute approximate surface area is 293 Å². The fourth-order valence-electron chi connectivity index (χ4n) is 5.20. The summed E-state index contributed by atoms with van der Waals surface area (Å²) in [7, 11) is -24.4. The Hall–Kier alpha value is -2.98. The second-order valence-electron chi connectivity index (χ2n) is 10.9. The van der Waals surface area contributed by atoms with Crippen LogP contribution >= 0.6 is 31.3 Å². The van der Waals surface area contributed by atoms with Gasteiger partial charge in [0.05, 0.1) is 33.7 Å². The fourth-order valence-corrected chi connectivity index (χ4v) is 8.98. The number of aromatic nitrogens is 8. The van der Waals surface area contributed by atoms with E-state index >= 15 is 0 Å². The maximum atomic E-state index is 13.1. The van der Waals surface area contributed by atoms with Crippen molar-refractivity contribution < 1.29 is 89.7 Å². The first-order chi connectivity index (χ1) is 24.7. The minimum atomic E-state index is -6.35. The van der Waals surface area contributed by atoms with Crippen LogP contribution in [0.25, 0.3) is 22.3 Å². The summed E-state index contributed by atoms with van der Waals surface area (Å²) in [5, 5.41) is 32.3. The monoisotopic (exact) mass is 831 g/mol. The molecule has 6 rings (SSSR count). The number of nitrogens with two attached hydrogens (primary N) is 2. The maximum absolute atomic E-state index is 13.1. The molecular formula is C20H23N10O19P4-5. The average molecular weight is 831 g/mol. The molecule has 0 aliphatic carbocycles. The molecule has 7 N–H and O–H groups in total. The van der Waals surface area contributed by atoms with Gasteiger partial charge >= 0.3 is 0 Å². The lowest BCUT2D eigenvalue weighted by Gasteiger charge is -2.37. The fraction of sp³-hybridized carbons (Fsp3) is 0.500. The Morgan fingerprint density at radius 2 is 1.15 bits per heavy atom. The Bertz CT molecular complexity index is 2190. The molecule has 0 aromatic carbocycles. The standard InChI is InChI=1S/C20H28N10O19P4/c21-15-9-17(25-3-23-15)29(5-27-9)19-13(33)11(31)7(45-19)1-43-51(37,38)47-14-12(32)8(2-44-52(39,40)49-53(41,42)48-50(34,35)36)46-20(14)30-6-28-10-16(22)24-4-26-18(10)30/h3-8,11-14,19-20,31-33H,1-2H2,(H,37,38)(H,39,40)(H,41,42)(H2,21,23,25)(H2,22,24,26)(H2,34,35,36)/p-5/t7-,8-,11-,12-,13-,14-,19-,20-/m1/s1. The van der Waals surface area contributed by atoms with E-state index in [0.717, 1.165) is 23.5 Å². The molecule has 292 valence electrons. The molecule has 2 aliphatic heterocycles. The number of nitrogens with zero attached hydrogens (tertiary/aromatic N) is 8. The Kier molecular flexibility index (Phi) is 10.9. The first-order valence-corrected chi connectivity index (χ1v) is 20.1. The molecule has 0 spiro atoms. The van der Waals surface area contributed by atoms with Crippen LogP contribution in [0.15, 0.2) is 25.3 Å². The predicted molar refractivity (Wildman–Crippen MR) is 155 cm³/mol. The molecule has 2 fully saturated rings. The van der Waals surface area contributed by atoms with Crippen LogP contribution in [0.2, 0.25) is 0 Å². The summed E-state index contributed by atoms with van der Waals surface area (Å²) in [6.45, 7) is -2.33. The molecule has 0 radical (unpaired) electrons. The smallest absolute Gasteiger partial charge is 0.278 e. The van der Waals surface area contributed by atoms with E-state index in [4.69, 9.17) is 30.0 Å². The molecule has 53 heavy (non-hydrogen) atoms. The lowest BCUT2D eigenvalue weighted by atomic mass is 10.1. The molecule has 0 amide bonds. The zero-order valence-corrected chi connectivity index (χ0v) is 29.3. The van der Waals surface area contributed by atoms with Crippen molar-refractivity contribution in [3.05, 3.63) is 25.3 Å². The predicted octanol–water partition coefficient (Wildman–Crippen LogP) is -5.61. The molecule has 33 heteroatoms. The second kappa shape index (κ2) is 14.6. The van der Waals surface area contributed by atoms with Crippen molar-refractivity contribution in [3.63, 3.8) is 0 Å². The van der Waals surface area contributed by atoms with Crippen molar-refractivity contribution in [2.45, 2.75) is 49.1 Å². The number of imidazole rings is 2. The van der Waals surface area contributed by atoms with Crippen molar-refractivity contribution >= 4 is 65.3 Å². The van der Waals surface area contributed by atoms with Crippen LogP contribution in [0, 0.1) is 0 Å². The van der Waals surface area contributed by atoms with Crippen molar-refractivity contribution in [3.8, 4) is 0 Å². The second-order valence-corrected chi connectivity index (χ2v) is 16.5. The average Bonchev–Trinajstić information content (AvgIpc) is 3.80. The Balaban J connectivity index is 1.18. The number of ether oxygens (including phenoxy) is 2. The first kappa shape index (κ1) is 39.7. The van der Waals surface area contributed by atoms with Crippen LogP contribution in [0.3, 0.4) is 0 Å². The zero-order chi connectivity index (χ0) is 38.7. The normalized spacial score (nSPS) is 30.0. The molecule has 2 aliphatic rings. The molecule has 29 nitrogen and oxygen atoms in total. The van der Waals surface area contributed by atoms with Crippen LogP contribution < -0.4 is 35.9 Å². The highest BCUT2D eigenvalue weighted by atomic mass is 31.3. The molecule has 0 bridgehead atoms. The van der Waals surface area contributed by atoms with Gasteiger partial charge in [-0.05, 0) is 0 Å². The van der Waals surface area contributed by atoms with Gasteiger partial charge in [-0.25, -0.2) is 34.2 Å². The molecule has 2 saturated heterocycles. The van der Waals surface area contributed by atoms with Crippen molar-refractivity contribution in [2.75, 3.05) is 24.7 Å². The highest BCUT2D eigenvalue weighted by molar-refractivity contribution is 7.64. The summed E-state index contributed by atoms with van der Waals surface area (Å²) in [6, 6.07) is 0. The molecule has 4 aromatic rings. The van der Waals surface area contributed by atoms with Gasteiger partial charge < -0.3 is 78.9 Å². The van der Waals surface area contributed by atoms with Crippen LogP contribution in [0.5, 0.6) is 0 Å². The van der Waals surface area contributed by atoms with Crippen LogP contribution in [-0.2, 0) is 49.9 Å². The quantitative estimate of drug-likeness (QED) is 0.0739. The van der Waals surface area contributed by atoms with E-state index in [9.17, 15) is 58.0 Å². The highest BCUT2D eigenvalue weighted by Crippen LogP contribution is 2.60. The summed E-state index contributed by atoms with van der Waals surface area (Å²) in [4.78, 5) is 81.5. The number of phosphoric ester groups is 2. The van der Waals surface area contributed by atoms with E-state index in [0.29, 0.717) is 0 Å². The van der Waals surface area contributed by atoms with Crippen molar-refractivity contribution in [2.24, 2.45) is 0 Å². The van der Waals surface area contributed by atoms with Gasteiger partial charge in [0.15, 0.2) is 35.4 Å². The third-order valence-electron chi connectivity index (χ3n) is 7.42. The van der Waals surface area contributed by atoms with Gasteiger partial charge in [0.2, 0.25) is 0 Å². The number of aliphatic hydroxyl groups is 3. The van der Waals surface area contributed by atoms with Gasteiger partial charge in [-0.2, -0.15) is 0 Å². The number of anilines is 2. The van der Waals surface area contributed by atoms with E-state index in [2.05, 4.69) is 43.0 Å². The summed E-state index contributed by atoms with van der Waals surface area (Å²) < 4.78 is 81.7. The first-order valence-electron chi connectivity index (χ1n) is 14.2. The van der Waals surface area contributed by atoms with Gasteiger partial charge in [-0.1, -0.05) is 0 Å². The van der Waals surface area contributed by atoms with Gasteiger partial charge in [0, 0.05) is 0 Å². The van der Waals surface area contributed by atoms with E-state index in [1.165, 1.54) is 10.9 Å². The third-order valence-corrected chi connectivity index (χ3v) is 12.0. The van der Waals surface area contributed by atoms with Gasteiger partial charge in [-0.15, -0.1) is 0 Å². The highest BCUT2D eigenvalue weighted by Gasteiger charge is 2.49. The van der Waals surface area contributed by atoms with E-state index < -0.39 is 93.6 Å². The summed E-state index contributed by atoms with van der Waals surface area (Å²) in [6.07, 6.45) is -9.96. The summed E-state index contributed by atoms with van der Waals surface area (Å²) in [5.74, 6) is -0.144. The Morgan fingerprint density at radius 3 is 1.70 bits per heavy atom. The third kappa shape index (κ3) is 8.64.